The van der Waals surface area contributed by atoms with Crippen molar-refractivity contribution in [2.75, 3.05) is 0 Å². The van der Waals surface area contributed by atoms with Gasteiger partial charge in [-0.05, 0) is 31.2 Å². The highest BCUT2D eigenvalue weighted by atomic mass is 35.5. The lowest BCUT2D eigenvalue weighted by molar-refractivity contribution is 0.307. The Balaban J connectivity index is 2.00. The van der Waals surface area contributed by atoms with Crippen molar-refractivity contribution < 1.29 is 4.74 Å². The number of aryl methyl sites for hydroxylation is 1. The van der Waals surface area contributed by atoms with Crippen LogP contribution in [0.5, 0.6) is 5.75 Å². The minimum Gasteiger partial charge on any atom is -0.488 e. The summed E-state index contributed by atoms with van der Waals surface area (Å²) in [7, 11) is 0. The van der Waals surface area contributed by atoms with Crippen LogP contribution < -0.4 is 10.3 Å². The SMILES string of the molecule is Cc1cc(-c2ccccc2OCc2ccc(Cl)cc2Cl)c(C#N)c(=O)[nH]1. The number of nitrogens with zero attached hydrogens (tertiary/aromatic N) is 1. The number of ether oxygens (including phenoxy) is 1. The third-order valence-electron chi connectivity index (χ3n) is 3.86. The van der Waals surface area contributed by atoms with Crippen LogP contribution in [0.4, 0.5) is 0 Å². The second-order valence-electron chi connectivity index (χ2n) is 5.70. The van der Waals surface area contributed by atoms with Gasteiger partial charge in [0.25, 0.3) is 5.56 Å². The van der Waals surface area contributed by atoms with Gasteiger partial charge in [-0.1, -0.05) is 47.5 Å². The summed E-state index contributed by atoms with van der Waals surface area (Å²) in [6.45, 7) is 2.00. The Labute approximate surface area is 160 Å². The fourth-order valence-corrected chi connectivity index (χ4v) is 3.08. The number of aromatic nitrogens is 1. The Kier molecular flexibility index (Phi) is 5.32. The predicted octanol–water partition coefficient (Wildman–Crippen LogP) is 5.11. The highest BCUT2D eigenvalue weighted by Crippen LogP contribution is 2.32. The summed E-state index contributed by atoms with van der Waals surface area (Å²) in [5.41, 5.74) is 2.29. The number of rotatable bonds is 4. The van der Waals surface area contributed by atoms with Crippen molar-refractivity contribution in [3.63, 3.8) is 0 Å². The summed E-state index contributed by atoms with van der Waals surface area (Å²) in [5.74, 6) is 0.556. The Bertz CT molecular complexity index is 1070. The van der Waals surface area contributed by atoms with Gasteiger partial charge in [0, 0.05) is 32.4 Å². The van der Waals surface area contributed by atoms with E-state index in [4.69, 9.17) is 27.9 Å². The van der Waals surface area contributed by atoms with Crippen molar-refractivity contribution in [1.29, 1.82) is 5.26 Å². The predicted molar refractivity (Wildman–Crippen MR) is 103 cm³/mol. The molecule has 0 amide bonds. The van der Waals surface area contributed by atoms with Gasteiger partial charge in [0.05, 0.1) is 0 Å². The highest BCUT2D eigenvalue weighted by Gasteiger charge is 2.14. The Morgan fingerprint density at radius 3 is 2.62 bits per heavy atom. The maximum atomic E-state index is 12.1. The summed E-state index contributed by atoms with van der Waals surface area (Å²) >= 11 is 12.1. The van der Waals surface area contributed by atoms with Crippen molar-refractivity contribution in [1.82, 2.24) is 4.98 Å². The van der Waals surface area contributed by atoms with E-state index in [1.165, 1.54) is 0 Å². The minimum absolute atomic E-state index is 0.0520. The van der Waals surface area contributed by atoms with E-state index in [2.05, 4.69) is 4.98 Å². The number of hydrogen-bond acceptors (Lipinski definition) is 3. The number of benzene rings is 2. The number of H-pyrrole nitrogens is 1. The average molecular weight is 385 g/mol. The van der Waals surface area contributed by atoms with Crippen LogP contribution in [-0.4, -0.2) is 4.98 Å². The minimum atomic E-state index is -0.418. The smallest absolute Gasteiger partial charge is 0.266 e. The number of halogens is 2. The van der Waals surface area contributed by atoms with Crippen molar-refractivity contribution in [3.8, 4) is 22.9 Å². The molecule has 0 fully saturated rings. The van der Waals surface area contributed by atoms with Gasteiger partial charge in [-0.25, -0.2) is 0 Å². The van der Waals surface area contributed by atoms with Crippen LogP contribution in [0.25, 0.3) is 11.1 Å². The second kappa shape index (κ2) is 7.65. The average Bonchev–Trinajstić information content (AvgIpc) is 2.61. The van der Waals surface area contributed by atoms with Crippen molar-refractivity contribution in [2.24, 2.45) is 0 Å². The molecule has 0 saturated heterocycles. The first-order valence-corrected chi connectivity index (χ1v) is 8.55. The van der Waals surface area contributed by atoms with E-state index in [1.807, 2.05) is 24.3 Å². The highest BCUT2D eigenvalue weighted by molar-refractivity contribution is 6.35. The molecule has 0 radical (unpaired) electrons. The first-order valence-electron chi connectivity index (χ1n) is 7.79. The monoisotopic (exact) mass is 384 g/mol. The molecule has 0 unspecified atom stereocenters. The maximum absolute atomic E-state index is 12.1. The van der Waals surface area contributed by atoms with Crippen molar-refractivity contribution in [2.45, 2.75) is 13.5 Å². The molecule has 0 bridgehead atoms. The van der Waals surface area contributed by atoms with Crippen LogP contribution in [0.1, 0.15) is 16.8 Å². The van der Waals surface area contributed by atoms with Gasteiger partial charge in [-0.3, -0.25) is 4.79 Å². The van der Waals surface area contributed by atoms with E-state index in [1.54, 1.807) is 37.3 Å². The topological polar surface area (TPSA) is 65.9 Å². The second-order valence-corrected chi connectivity index (χ2v) is 6.55. The molecule has 6 heteroatoms. The molecule has 1 N–H and O–H groups in total. The number of nitriles is 1. The van der Waals surface area contributed by atoms with Gasteiger partial charge < -0.3 is 9.72 Å². The lowest BCUT2D eigenvalue weighted by atomic mass is 10.00. The van der Waals surface area contributed by atoms with E-state index in [0.29, 0.717) is 32.6 Å². The zero-order valence-corrected chi connectivity index (χ0v) is 15.4. The first kappa shape index (κ1) is 18.1. The molecule has 3 rings (SSSR count). The Morgan fingerprint density at radius 1 is 1.12 bits per heavy atom. The van der Waals surface area contributed by atoms with Crippen LogP contribution in [0.2, 0.25) is 10.0 Å². The number of aromatic amines is 1. The molecule has 0 aliphatic carbocycles. The van der Waals surface area contributed by atoms with E-state index in [9.17, 15) is 10.1 Å². The zero-order valence-electron chi connectivity index (χ0n) is 13.8. The lowest BCUT2D eigenvalue weighted by Gasteiger charge is -2.13. The third kappa shape index (κ3) is 3.75. The van der Waals surface area contributed by atoms with Crippen molar-refractivity contribution in [3.05, 3.63) is 85.8 Å². The molecule has 0 aliphatic rings. The molecule has 0 saturated carbocycles. The zero-order chi connectivity index (χ0) is 18.7. The normalized spacial score (nSPS) is 10.4. The fraction of sp³-hybridized carbons (Fsp3) is 0.100. The van der Waals surface area contributed by atoms with Gasteiger partial charge in [0.1, 0.15) is 24.0 Å². The Hall–Kier alpha value is -2.74. The van der Waals surface area contributed by atoms with E-state index >= 15 is 0 Å². The largest absolute Gasteiger partial charge is 0.488 e. The number of nitrogens with one attached hydrogen (secondary N) is 1. The van der Waals surface area contributed by atoms with Crippen LogP contribution in [0.15, 0.2) is 53.3 Å². The summed E-state index contributed by atoms with van der Waals surface area (Å²) in [6.07, 6.45) is 0. The molecule has 130 valence electrons. The molecular formula is C20H14Cl2N2O2. The van der Waals surface area contributed by atoms with Gasteiger partial charge in [0.15, 0.2) is 0 Å². The van der Waals surface area contributed by atoms with E-state index < -0.39 is 5.56 Å². The third-order valence-corrected chi connectivity index (χ3v) is 4.44. The van der Waals surface area contributed by atoms with Crippen LogP contribution in [0.3, 0.4) is 0 Å². The molecule has 26 heavy (non-hydrogen) atoms. The maximum Gasteiger partial charge on any atom is 0.266 e. The van der Waals surface area contributed by atoms with Gasteiger partial charge in [-0.2, -0.15) is 5.26 Å². The van der Waals surface area contributed by atoms with Crippen LogP contribution in [0, 0.1) is 18.3 Å². The molecule has 0 aliphatic heterocycles. The van der Waals surface area contributed by atoms with E-state index in [0.717, 1.165) is 5.56 Å². The summed E-state index contributed by atoms with van der Waals surface area (Å²) in [5, 5.41) is 10.4. The molecular weight excluding hydrogens is 371 g/mol. The summed E-state index contributed by atoms with van der Waals surface area (Å²) < 4.78 is 5.93. The van der Waals surface area contributed by atoms with Crippen LogP contribution >= 0.6 is 23.2 Å². The number of pyridine rings is 1. The quantitative estimate of drug-likeness (QED) is 0.679. The molecule has 4 nitrogen and oxygen atoms in total. The molecule has 2 aromatic carbocycles. The first-order chi connectivity index (χ1) is 12.5. The summed E-state index contributed by atoms with van der Waals surface area (Å²) in [6, 6.07) is 16.2. The number of hydrogen-bond donors (Lipinski definition) is 1. The fourth-order valence-electron chi connectivity index (χ4n) is 2.62. The molecule has 0 atom stereocenters. The molecule has 0 spiro atoms. The van der Waals surface area contributed by atoms with Gasteiger partial charge >= 0.3 is 0 Å². The van der Waals surface area contributed by atoms with E-state index in [-0.39, 0.29) is 12.2 Å². The van der Waals surface area contributed by atoms with Gasteiger partial charge in [0.2, 0.25) is 0 Å². The van der Waals surface area contributed by atoms with Gasteiger partial charge in [-0.15, -0.1) is 0 Å². The van der Waals surface area contributed by atoms with Crippen LogP contribution in [-0.2, 0) is 6.61 Å². The molecule has 1 aromatic heterocycles. The molecule has 3 aromatic rings. The standard InChI is InChI=1S/C20H14Cl2N2O2/c1-12-8-16(17(10-23)20(25)24-12)15-4-2-3-5-19(15)26-11-13-6-7-14(21)9-18(13)22/h2-9H,11H2,1H3,(H,24,25). The summed E-state index contributed by atoms with van der Waals surface area (Å²) in [4.78, 5) is 14.7. The molecule has 1 heterocycles. The lowest BCUT2D eigenvalue weighted by Crippen LogP contribution is -2.13. The number of para-hydroxylation sites is 1. The van der Waals surface area contributed by atoms with Crippen molar-refractivity contribution >= 4 is 23.2 Å². The Morgan fingerprint density at radius 2 is 1.88 bits per heavy atom.